The lowest BCUT2D eigenvalue weighted by Gasteiger charge is -2.20. The van der Waals surface area contributed by atoms with Crippen LogP contribution in [0.1, 0.15) is 13.3 Å². The molecule has 8 nitrogen and oxygen atoms in total. The number of carbonyl (C=O) groups is 1. The summed E-state index contributed by atoms with van der Waals surface area (Å²) in [5.41, 5.74) is 1.97. The third-order valence-corrected chi connectivity index (χ3v) is 4.76. The summed E-state index contributed by atoms with van der Waals surface area (Å²) in [6, 6.07) is 15.8. The van der Waals surface area contributed by atoms with Crippen LogP contribution in [0.25, 0.3) is 0 Å². The highest BCUT2D eigenvalue weighted by Gasteiger charge is 2.09. The van der Waals surface area contributed by atoms with E-state index in [9.17, 15) is 4.79 Å². The molecule has 0 aliphatic rings. The highest BCUT2D eigenvalue weighted by Crippen LogP contribution is 2.30. The number of anilines is 2. The van der Waals surface area contributed by atoms with Crippen LogP contribution in [0.15, 0.2) is 53.5 Å². The Kier molecular flexibility index (Phi) is 13.1. The van der Waals surface area contributed by atoms with Crippen molar-refractivity contribution in [2.75, 3.05) is 64.7 Å². The first-order chi connectivity index (χ1) is 15.4. The fraction of sp³-hybridized carbons (Fsp3) is 0.417. The van der Waals surface area contributed by atoms with E-state index in [1.807, 2.05) is 43.3 Å². The van der Waals surface area contributed by atoms with Crippen LogP contribution in [0.5, 0.6) is 11.5 Å². The molecule has 0 saturated heterocycles. The maximum absolute atomic E-state index is 12.0. The molecular weight excluding hydrogens is 533 g/mol. The van der Waals surface area contributed by atoms with E-state index in [-0.39, 0.29) is 36.4 Å². The number of amides is 1. The predicted octanol–water partition coefficient (Wildman–Crippen LogP) is 3.68. The average Bonchev–Trinajstić information content (AvgIpc) is 2.81. The number of halogens is 1. The van der Waals surface area contributed by atoms with Crippen LogP contribution in [-0.2, 0) is 4.79 Å². The molecule has 2 aromatic rings. The fourth-order valence-electron chi connectivity index (χ4n) is 2.92. The lowest BCUT2D eigenvalue weighted by molar-refractivity contribution is -0.127. The number of guanidine groups is 1. The quantitative estimate of drug-likeness (QED) is 0.186. The lowest BCUT2D eigenvalue weighted by Crippen LogP contribution is -2.35. The minimum atomic E-state index is -0.0702. The van der Waals surface area contributed by atoms with Gasteiger partial charge in [-0.05, 0) is 37.6 Å². The maximum Gasteiger partial charge on any atom is 0.243 e. The smallest absolute Gasteiger partial charge is 0.243 e. The van der Waals surface area contributed by atoms with Gasteiger partial charge < -0.3 is 29.9 Å². The fourth-order valence-corrected chi connectivity index (χ4v) is 2.92. The van der Waals surface area contributed by atoms with Crippen molar-refractivity contribution in [3.05, 3.63) is 48.5 Å². The Balaban J connectivity index is 0.00000544. The Hall–Kier alpha value is -2.69. The molecule has 0 bridgehead atoms. The topological polar surface area (TPSA) is 78.4 Å². The average molecular weight is 569 g/mol. The molecule has 0 heterocycles. The standard InChI is InChI=1S/C24H35N5O3.HI/c1-6-32-21-14-13-19(17-22(21)31-5)27-24(26-18-23(30)28(2)3)25-15-10-16-29(4)20-11-8-7-9-12-20;/h7-9,11-14,17H,6,10,15-16,18H2,1-5H3,(H2,25,26,27);1H. The molecule has 2 rings (SSSR count). The maximum atomic E-state index is 12.0. The first-order valence-electron chi connectivity index (χ1n) is 10.8. The van der Waals surface area contributed by atoms with E-state index in [2.05, 4.69) is 39.7 Å². The van der Waals surface area contributed by atoms with Crippen LogP contribution in [-0.4, -0.2) is 71.3 Å². The molecule has 0 spiro atoms. The highest BCUT2D eigenvalue weighted by molar-refractivity contribution is 14.0. The van der Waals surface area contributed by atoms with Crippen molar-refractivity contribution in [2.45, 2.75) is 13.3 Å². The Morgan fingerprint density at radius 2 is 1.79 bits per heavy atom. The summed E-state index contributed by atoms with van der Waals surface area (Å²) in [7, 11) is 7.11. The van der Waals surface area contributed by atoms with Gasteiger partial charge in [0, 0.05) is 51.7 Å². The number of hydrogen-bond donors (Lipinski definition) is 2. The zero-order valence-corrected chi connectivity index (χ0v) is 22.5. The van der Waals surface area contributed by atoms with Crippen molar-refractivity contribution in [3.8, 4) is 11.5 Å². The van der Waals surface area contributed by atoms with Crippen molar-refractivity contribution in [1.29, 1.82) is 0 Å². The third-order valence-electron chi connectivity index (χ3n) is 4.76. The van der Waals surface area contributed by atoms with Gasteiger partial charge in [-0.1, -0.05) is 18.2 Å². The first-order valence-corrected chi connectivity index (χ1v) is 10.8. The van der Waals surface area contributed by atoms with E-state index >= 15 is 0 Å². The molecule has 0 fully saturated rings. The van der Waals surface area contributed by atoms with Crippen LogP contribution in [0, 0.1) is 0 Å². The number of para-hydroxylation sites is 1. The number of likely N-dealkylation sites (N-methyl/N-ethyl adjacent to an activating group) is 1. The summed E-state index contributed by atoms with van der Waals surface area (Å²) in [6.07, 6.45) is 0.903. The molecule has 0 aliphatic carbocycles. The normalized spacial score (nSPS) is 10.6. The van der Waals surface area contributed by atoms with E-state index in [0.29, 0.717) is 30.6 Å². The van der Waals surface area contributed by atoms with E-state index in [0.717, 1.165) is 18.7 Å². The van der Waals surface area contributed by atoms with Crippen molar-refractivity contribution >= 4 is 47.2 Å². The van der Waals surface area contributed by atoms with Crippen LogP contribution >= 0.6 is 24.0 Å². The summed E-state index contributed by atoms with van der Waals surface area (Å²) in [5, 5.41) is 6.57. The number of hydrogen-bond acceptors (Lipinski definition) is 5. The molecule has 9 heteroatoms. The molecule has 2 N–H and O–H groups in total. The number of aliphatic imine (C=N–C) groups is 1. The summed E-state index contributed by atoms with van der Waals surface area (Å²) >= 11 is 0. The summed E-state index contributed by atoms with van der Waals surface area (Å²) in [5.74, 6) is 1.77. The molecule has 1 amide bonds. The second-order valence-corrected chi connectivity index (χ2v) is 7.41. The van der Waals surface area contributed by atoms with Gasteiger partial charge in [0.05, 0.1) is 13.7 Å². The van der Waals surface area contributed by atoms with E-state index in [1.165, 1.54) is 10.6 Å². The Labute approximate surface area is 214 Å². The van der Waals surface area contributed by atoms with Crippen LogP contribution in [0.3, 0.4) is 0 Å². The van der Waals surface area contributed by atoms with Crippen molar-refractivity contribution in [1.82, 2.24) is 10.2 Å². The minimum absolute atomic E-state index is 0. The molecule has 0 saturated carbocycles. The van der Waals surface area contributed by atoms with Gasteiger partial charge in [-0.2, -0.15) is 0 Å². The van der Waals surface area contributed by atoms with Crippen LogP contribution < -0.4 is 25.0 Å². The number of methoxy groups -OCH3 is 1. The third kappa shape index (κ3) is 9.77. The van der Waals surface area contributed by atoms with Gasteiger partial charge in [-0.25, -0.2) is 4.99 Å². The Morgan fingerprint density at radius 3 is 2.42 bits per heavy atom. The Morgan fingerprint density at radius 1 is 1.06 bits per heavy atom. The molecular formula is C24H36IN5O3. The van der Waals surface area contributed by atoms with E-state index in [4.69, 9.17) is 9.47 Å². The second-order valence-electron chi connectivity index (χ2n) is 7.41. The molecule has 0 radical (unpaired) electrons. The van der Waals surface area contributed by atoms with E-state index < -0.39 is 0 Å². The van der Waals surface area contributed by atoms with E-state index in [1.54, 1.807) is 21.2 Å². The zero-order chi connectivity index (χ0) is 23.3. The van der Waals surface area contributed by atoms with Gasteiger partial charge in [-0.15, -0.1) is 24.0 Å². The van der Waals surface area contributed by atoms with Crippen molar-refractivity contribution in [3.63, 3.8) is 0 Å². The number of nitrogens with zero attached hydrogens (tertiary/aromatic N) is 3. The number of carbonyl (C=O) groups excluding carboxylic acids is 1. The minimum Gasteiger partial charge on any atom is -0.493 e. The Bertz CT molecular complexity index is 878. The molecule has 0 atom stereocenters. The molecule has 0 aliphatic heterocycles. The summed E-state index contributed by atoms with van der Waals surface area (Å²) in [6.45, 7) is 4.13. The van der Waals surface area contributed by atoms with Crippen LogP contribution in [0.2, 0.25) is 0 Å². The van der Waals surface area contributed by atoms with Crippen molar-refractivity contribution in [2.24, 2.45) is 4.99 Å². The van der Waals surface area contributed by atoms with Gasteiger partial charge in [0.2, 0.25) is 5.91 Å². The van der Waals surface area contributed by atoms with Crippen LogP contribution in [0.4, 0.5) is 11.4 Å². The monoisotopic (exact) mass is 569 g/mol. The SMILES string of the molecule is CCOc1ccc(NC(=NCC(=O)N(C)C)NCCCN(C)c2ccccc2)cc1OC.I. The molecule has 0 aromatic heterocycles. The van der Waals surface area contributed by atoms with Gasteiger partial charge in [-0.3, -0.25) is 4.79 Å². The lowest BCUT2D eigenvalue weighted by atomic mass is 10.2. The highest BCUT2D eigenvalue weighted by atomic mass is 127. The number of ether oxygens (including phenoxy) is 2. The largest absolute Gasteiger partial charge is 0.493 e. The second kappa shape index (κ2) is 15.2. The van der Waals surface area contributed by atoms with Gasteiger partial charge in [0.25, 0.3) is 0 Å². The van der Waals surface area contributed by atoms with Gasteiger partial charge >= 0.3 is 0 Å². The zero-order valence-electron chi connectivity index (χ0n) is 20.1. The van der Waals surface area contributed by atoms with Gasteiger partial charge in [0.1, 0.15) is 6.54 Å². The summed E-state index contributed by atoms with van der Waals surface area (Å²) < 4.78 is 11.0. The predicted molar refractivity (Wildman–Crippen MR) is 147 cm³/mol. The first kappa shape index (κ1) is 28.3. The number of benzene rings is 2. The molecule has 0 unspecified atom stereocenters. The molecule has 2 aromatic carbocycles. The number of nitrogens with one attached hydrogen (secondary N) is 2. The molecule has 182 valence electrons. The number of rotatable bonds is 11. The van der Waals surface area contributed by atoms with Crippen molar-refractivity contribution < 1.29 is 14.3 Å². The molecule has 33 heavy (non-hydrogen) atoms. The van der Waals surface area contributed by atoms with Gasteiger partial charge in [0.15, 0.2) is 17.5 Å². The summed E-state index contributed by atoms with van der Waals surface area (Å²) in [4.78, 5) is 20.2.